The highest BCUT2D eigenvalue weighted by atomic mass is 16.5. The first kappa shape index (κ1) is 20.1. The number of hydrogen-bond donors (Lipinski definition) is 1. The van der Waals surface area contributed by atoms with Crippen LogP contribution in [0.1, 0.15) is 59.4 Å². The molecule has 6 heteroatoms. The molecule has 1 aliphatic carbocycles. The number of carbonyl (C=O) groups excluding carboxylic acids is 1. The van der Waals surface area contributed by atoms with Crippen molar-refractivity contribution in [2.24, 2.45) is 0 Å². The largest absolute Gasteiger partial charge is 0.490 e. The van der Waals surface area contributed by atoms with Crippen LogP contribution >= 0.6 is 0 Å². The molecule has 0 bridgehead atoms. The van der Waals surface area contributed by atoms with Crippen molar-refractivity contribution in [3.05, 3.63) is 71.2 Å². The van der Waals surface area contributed by atoms with E-state index in [1.54, 1.807) is 16.9 Å². The molecule has 0 radical (unpaired) electrons. The maximum absolute atomic E-state index is 12.5. The molecule has 3 aromatic rings. The molecule has 0 aliphatic heterocycles. The topological polar surface area (TPSA) is 69.0 Å². The van der Waals surface area contributed by atoms with Gasteiger partial charge in [-0.05, 0) is 75.4 Å². The molecule has 1 N–H and O–H groups in total. The van der Waals surface area contributed by atoms with E-state index in [1.807, 2.05) is 50.2 Å². The van der Waals surface area contributed by atoms with Gasteiger partial charge in [-0.3, -0.25) is 4.79 Å². The first-order valence-electron chi connectivity index (χ1n) is 10.6. The van der Waals surface area contributed by atoms with Crippen molar-refractivity contribution in [3.8, 4) is 11.6 Å². The van der Waals surface area contributed by atoms with Gasteiger partial charge in [-0.1, -0.05) is 18.6 Å². The van der Waals surface area contributed by atoms with Gasteiger partial charge >= 0.3 is 0 Å². The highest BCUT2D eigenvalue weighted by Gasteiger charge is 2.14. The standard InChI is InChI=1S/C24H28N4O2/c1-17-14-18(2)28(27-17)23-13-10-20(16-25-23)24(29)26-15-19-8-11-22(12-9-19)30-21-6-4-3-5-7-21/h8-14,16,21H,3-7,15H2,1-2H3,(H,26,29). The fourth-order valence-corrected chi connectivity index (χ4v) is 3.85. The summed E-state index contributed by atoms with van der Waals surface area (Å²) >= 11 is 0. The molecular formula is C24H28N4O2. The van der Waals surface area contributed by atoms with Crippen molar-refractivity contribution in [2.45, 2.75) is 58.6 Å². The number of carbonyl (C=O) groups is 1. The van der Waals surface area contributed by atoms with Crippen LogP contribution in [0.15, 0.2) is 48.7 Å². The molecule has 1 saturated carbocycles. The first-order valence-corrected chi connectivity index (χ1v) is 10.6. The number of aryl methyl sites for hydroxylation is 2. The third-order valence-corrected chi connectivity index (χ3v) is 5.47. The van der Waals surface area contributed by atoms with Crippen LogP contribution in [0, 0.1) is 13.8 Å². The summed E-state index contributed by atoms with van der Waals surface area (Å²) in [7, 11) is 0. The van der Waals surface area contributed by atoms with E-state index >= 15 is 0 Å². The molecule has 30 heavy (non-hydrogen) atoms. The van der Waals surface area contributed by atoms with E-state index in [4.69, 9.17) is 4.74 Å². The van der Waals surface area contributed by atoms with Crippen LogP contribution in [-0.4, -0.2) is 26.8 Å². The number of ether oxygens (including phenoxy) is 1. The Hall–Kier alpha value is -3.15. The number of pyridine rings is 1. The van der Waals surface area contributed by atoms with Gasteiger partial charge in [-0.25, -0.2) is 9.67 Å². The Labute approximate surface area is 177 Å². The quantitative estimate of drug-likeness (QED) is 0.656. The SMILES string of the molecule is Cc1cc(C)n(-c2ccc(C(=O)NCc3ccc(OC4CCCCC4)cc3)cn2)n1. The maximum Gasteiger partial charge on any atom is 0.253 e. The number of aromatic nitrogens is 3. The van der Waals surface area contributed by atoms with Gasteiger partial charge in [0.15, 0.2) is 5.82 Å². The van der Waals surface area contributed by atoms with E-state index < -0.39 is 0 Å². The zero-order chi connectivity index (χ0) is 20.9. The Morgan fingerprint density at radius 3 is 2.50 bits per heavy atom. The van der Waals surface area contributed by atoms with Gasteiger partial charge in [0.25, 0.3) is 5.91 Å². The predicted octanol–water partition coefficient (Wildman–Crippen LogP) is 4.53. The highest BCUT2D eigenvalue weighted by Crippen LogP contribution is 2.23. The fourth-order valence-electron chi connectivity index (χ4n) is 3.85. The summed E-state index contributed by atoms with van der Waals surface area (Å²) in [5, 5.41) is 7.37. The number of rotatable bonds is 6. The molecule has 6 nitrogen and oxygen atoms in total. The van der Waals surface area contributed by atoms with E-state index in [-0.39, 0.29) is 5.91 Å². The summed E-state index contributed by atoms with van der Waals surface area (Å²) in [6.07, 6.45) is 8.04. The smallest absolute Gasteiger partial charge is 0.253 e. The minimum atomic E-state index is -0.148. The van der Waals surface area contributed by atoms with Crippen molar-refractivity contribution in [1.29, 1.82) is 0 Å². The summed E-state index contributed by atoms with van der Waals surface area (Å²) < 4.78 is 7.83. The second kappa shape index (κ2) is 9.11. The summed E-state index contributed by atoms with van der Waals surface area (Å²) in [5.74, 6) is 1.46. The van der Waals surface area contributed by atoms with Crippen molar-refractivity contribution < 1.29 is 9.53 Å². The van der Waals surface area contributed by atoms with Crippen molar-refractivity contribution in [2.75, 3.05) is 0 Å². The lowest BCUT2D eigenvalue weighted by atomic mass is 9.98. The van der Waals surface area contributed by atoms with Crippen molar-refractivity contribution >= 4 is 5.91 Å². The molecule has 1 amide bonds. The lowest BCUT2D eigenvalue weighted by Crippen LogP contribution is -2.23. The van der Waals surface area contributed by atoms with Crippen LogP contribution in [-0.2, 0) is 6.54 Å². The molecule has 0 saturated heterocycles. The third kappa shape index (κ3) is 4.87. The third-order valence-electron chi connectivity index (χ3n) is 5.47. The number of nitrogens with zero attached hydrogens (tertiary/aromatic N) is 3. The molecule has 156 valence electrons. The predicted molar refractivity (Wildman–Crippen MR) is 116 cm³/mol. The lowest BCUT2D eigenvalue weighted by molar-refractivity contribution is 0.0950. The zero-order valence-electron chi connectivity index (χ0n) is 17.6. The molecule has 0 unspecified atom stereocenters. The molecule has 1 aromatic carbocycles. The van der Waals surface area contributed by atoms with E-state index in [2.05, 4.69) is 15.4 Å². The molecule has 4 rings (SSSR count). The van der Waals surface area contributed by atoms with Crippen LogP contribution < -0.4 is 10.1 Å². The molecule has 0 atom stereocenters. The van der Waals surface area contributed by atoms with E-state index in [0.717, 1.165) is 35.5 Å². The van der Waals surface area contributed by atoms with Gasteiger partial charge in [0.1, 0.15) is 5.75 Å². The summed E-state index contributed by atoms with van der Waals surface area (Å²) in [5.41, 5.74) is 3.50. The maximum atomic E-state index is 12.5. The average molecular weight is 405 g/mol. The molecule has 1 aliphatic rings. The zero-order valence-corrected chi connectivity index (χ0v) is 17.6. The van der Waals surface area contributed by atoms with Crippen LogP contribution in [0.3, 0.4) is 0 Å². The number of benzene rings is 1. The monoisotopic (exact) mass is 404 g/mol. The van der Waals surface area contributed by atoms with Crippen LogP contribution in [0.25, 0.3) is 5.82 Å². The minimum Gasteiger partial charge on any atom is -0.490 e. The van der Waals surface area contributed by atoms with E-state index in [0.29, 0.717) is 24.0 Å². The number of nitrogens with one attached hydrogen (secondary N) is 1. The Balaban J connectivity index is 1.31. The Bertz CT molecular complexity index is 987. The highest BCUT2D eigenvalue weighted by molar-refractivity contribution is 5.93. The average Bonchev–Trinajstić information content (AvgIpc) is 3.12. The van der Waals surface area contributed by atoms with Gasteiger partial charge in [0.2, 0.25) is 0 Å². The van der Waals surface area contributed by atoms with Crippen molar-refractivity contribution in [3.63, 3.8) is 0 Å². The van der Waals surface area contributed by atoms with Gasteiger partial charge in [0, 0.05) is 18.4 Å². The van der Waals surface area contributed by atoms with Gasteiger partial charge < -0.3 is 10.1 Å². The van der Waals surface area contributed by atoms with Gasteiger partial charge in [0.05, 0.1) is 17.4 Å². The number of hydrogen-bond acceptors (Lipinski definition) is 4. The van der Waals surface area contributed by atoms with Crippen LogP contribution in [0.5, 0.6) is 5.75 Å². The Morgan fingerprint density at radius 2 is 1.87 bits per heavy atom. The second-order valence-corrected chi connectivity index (χ2v) is 7.95. The Morgan fingerprint density at radius 1 is 1.10 bits per heavy atom. The lowest BCUT2D eigenvalue weighted by Gasteiger charge is -2.23. The second-order valence-electron chi connectivity index (χ2n) is 7.95. The van der Waals surface area contributed by atoms with Crippen LogP contribution in [0.4, 0.5) is 0 Å². The number of amides is 1. The molecule has 2 aromatic heterocycles. The molecule has 2 heterocycles. The summed E-state index contributed by atoms with van der Waals surface area (Å²) in [6.45, 7) is 4.38. The van der Waals surface area contributed by atoms with Crippen molar-refractivity contribution in [1.82, 2.24) is 20.1 Å². The Kier molecular flexibility index (Phi) is 6.12. The van der Waals surface area contributed by atoms with Gasteiger partial charge in [-0.15, -0.1) is 0 Å². The summed E-state index contributed by atoms with van der Waals surface area (Å²) in [4.78, 5) is 16.9. The normalized spacial score (nSPS) is 14.5. The van der Waals surface area contributed by atoms with E-state index in [9.17, 15) is 4.79 Å². The van der Waals surface area contributed by atoms with E-state index in [1.165, 1.54) is 19.3 Å². The summed E-state index contributed by atoms with van der Waals surface area (Å²) in [6, 6.07) is 13.6. The molecular weight excluding hydrogens is 376 g/mol. The first-order chi connectivity index (χ1) is 14.6. The van der Waals surface area contributed by atoms with Crippen LogP contribution in [0.2, 0.25) is 0 Å². The molecule has 1 fully saturated rings. The minimum absolute atomic E-state index is 0.148. The molecule has 0 spiro atoms. The van der Waals surface area contributed by atoms with Gasteiger partial charge in [-0.2, -0.15) is 5.10 Å². The fraction of sp³-hybridized carbons (Fsp3) is 0.375.